The fraction of sp³-hybridized carbons (Fsp3) is 0.769. The van der Waals surface area contributed by atoms with E-state index in [9.17, 15) is 0 Å². The molecule has 1 aromatic rings. The van der Waals surface area contributed by atoms with Crippen LogP contribution in [-0.4, -0.2) is 22.5 Å². The lowest BCUT2D eigenvalue weighted by Gasteiger charge is -2.34. The van der Waals surface area contributed by atoms with Crippen LogP contribution >= 0.6 is 11.3 Å². The lowest BCUT2D eigenvalue weighted by molar-refractivity contribution is 0.134. The fourth-order valence-corrected chi connectivity index (χ4v) is 3.26. The van der Waals surface area contributed by atoms with Gasteiger partial charge in [-0.3, -0.25) is 4.90 Å². The number of aromatic nitrogens is 1. The van der Waals surface area contributed by atoms with E-state index in [1.165, 1.54) is 42.9 Å². The van der Waals surface area contributed by atoms with Crippen LogP contribution in [0.5, 0.6) is 0 Å². The van der Waals surface area contributed by atoms with Crippen LogP contribution in [0, 0.1) is 0 Å². The van der Waals surface area contributed by atoms with Gasteiger partial charge < -0.3 is 0 Å². The molecule has 1 fully saturated rings. The number of hydrogen-bond donors (Lipinski definition) is 0. The molecular weight excluding hydrogens is 216 g/mol. The van der Waals surface area contributed by atoms with Crippen LogP contribution in [0.15, 0.2) is 5.38 Å². The number of likely N-dealkylation sites (tertiary alicyclic amines) is 1. The smallest absolute Gasteiger partial charge is 0.0926 e. The third-order valence-electron chi connectivity index (χ3n) is 3.49. The summed E-state index contributed by atoms with van der Waals surface area (Å²) in [4.78, 5) is 7.29. The Morgan fingerprint density at radius 1 is 1.44 bits per heavy atom. The molecule has 1 aromatic heterocycles. The number of thiazole rings is 1. The first-order chi connectivity index (χ1) is 7.83. The average Bonchev–Trinajstić information content (AvgIpc) is 2.77. The average molecular weight is 238 g/mol. The van der Waals surface area contributed by atoms with Gasteiger partial charge in [-0.05, 0) is 32.2 Å². The Balaban J connectivity index is 1.96. The van der Waals surface area contributed by atoms with Gasteiger partial charge in [-0.2, -0.15) is 0 Å². The Labute approximate surface area is 103 Å². The van der Waals surface area contributed by atoms with Crippen molar-refractivity contribution >= 4 is 11.3 Å². The lowest BCUT2D eigenvalue weighted by atomic mass is 10.00. The molecule has 1 aliphatic heterocycles. The standard InChI is InChI=1S/C13H22N2S/c1-3-12-7-5-6-8-15(12)9-11-10-16-13(4-2)14-11/h10,12H,3-9H2,1-2H3. The second kappa shape index (κ2) is 5.78. The summed E-state index contributed by atoms with van der Waals surface area (Å²) in [5.74, 6) is 0. The summed E-state index contributed by atoms with van der Waals surface area (Å²) in [5.41, 5.74) is 1.28. The lowest BCUT2D eigenvalue weighted by Crippen LogP contribution is -2.38. The predicted octanol–water partition coefficient (Wildman–Crippen LogP) is 3.47. The van der Waals surface area contributed by atoms with Crippen molar-refractivity contribution in [1.82, 2.24) is 9.88 Å². The van der Waals surface area contributed by atoms with Crippen LogP contribution < -0.4 is 0 Å². The molecule has 0 amide bonds. The summed E-state index contributed by atoms with van der Waals surface area (Å²) >= 11 is 1.81. The molecular formula is C13H22N2S. The van der Waals surface area contributed by atoms with Gasteiger partial charge in [-0.15, -0.1) is 11.3 Å². The van der Waals surface area contributed by atoms with Gasteiger partial charge >= 0.3 is 0 Å². The Kier molecular flexibility index (Phi) is 4.36. The molecule has 1 aliphatic rings. The topological polar surface area (TPSA) is 16.1 Å². The molecule has 0 saturated carbocycles. The van der Waals surface area contributed by atoms with Crippen LogP contribution in [-0.2, 0) is 13.0 Å². The van der Waals surface area contributed by atoms with Crippen molar-refractivity contribution in [1.29, 1.82) is 0 Å². The number of nitrogens with zero attached hydrogens (tertiary/aromatic N) is 2. The number of aryl methyl sites for hydroxylation is 1. The van der Waals surface area contributed by atoms with Gasteiger partial charge in [-0.1, -0.05) is 20.3 Å². The minimum Gasteiger partial charge on any atom is -0.295 e. The van der Waals surface area contributed by atoms with E-state index in [0.717, 1.165) is 19.0 Å². The first-order valence-electron chi connectivity index (χ1n) is 6.50. The van der Waals surface area contributed by atoms with Crippen LogP contribution in [0.3, 0.4) is 0 Å². The van der Waals surface area contributed by atoms with Crippen molar-refractivity contribution in [3.63, 3.8) is 0 Å². The fourth-order valence-electron chi connectivity index (χ4n) is 2.52. The van der Waals surface area contributed by atoms with Crippen molar-refractivity contribution < 1.29 is 0 Å². The van der Waals surface area contributed by atoms with Crippen LogP contribution in [0.4, 0.5) is 0 Å². The summed E-state index contributed by atoms with van der Waals surface area (Å²) in [5, 5.41) is 3.51. The SMILES string of the molecule is CCc1nc(CN2CCCCC2CC)cs1. The van der Waals surface area contributed by atoms with Crippen LogP contribution in [0.2, 0.25) is 0 Å². The second-order valence-corrected chi connectivity index (χ2v) is 5.56. The summed E-state index contributed by atoms with van der Waals surface area (Å²) in [7, 11) is 0. The van der Waals surface area contributed by atoms with Gasteiger partial charge in [0.25, 0.3) is 0 Å². The third-order valence-corrected chi connectivity index (χ3v) is 4.53. The van der Waals surface area contributed by atoms with E-state index in [-0.39, 0.29) is 0 Å². The molecule has 2 nitrogen and oxygen atoms in total. The van der Waals surface area contributed by atoms with Gasteiger partial charge in [0, 0.05) is 18.0 Å². The van der Waals surface area contributed by atoms with E-state index in [1.54, 1.807) is 0 Å². The van der Waals surface area contributed by atoms with Crippen LogP contribution in [0.25, 0.3) is 0 Å². The molecule has 0 aliphatic carbocycles. The van der Waals surface area contributed by atoms with E-state index < -0.39 is 0 Å². The summed E-state index contributed by atoms with van der Waals surface area (Å²) < 4.78 is 0. The monoisotopic (exact) mass is 238 g/mol. The van der Waals surface area contributed by atoms with Crippen LogP contribution in [0.1, 0.15) is 50.2 Å². The maximum atomic E-state index is 4.67. The molecule has 1 unspecified atom stereocenters. The zero-order valence-electron chi connectivity index (χ0n) is 10.4. The highest BCUT2D eigenvalue weighted by Gasteiger charge is 2.21. The van der Waals surface area contributed by atoms with E-state index in [2.05, 4.69) is 29.1 Å². The maximum absolute atomic E-state index is 4.67. The Bertz CT molecular complexity index is 321. The molecule has 2 heterocycles. The van der Waals surface area contributed by atoms with Gasteiger partial charge in [0.1, 0.15) is 0 Å². The first kappa shape index (κ1) is 12.1. The van der Waals surface area contributed by atoms with E-state index in [1.807, 2.05) is 11.3 Å². The molecule has 90 valence electrons. The normalized spacial score (nSPS) is 22.5. The third kappa shape index (κ3) is 2.83. The molecule has 0 spiro atoms. The van der Waals surface area contributed by atoms with Crippen molar-refractivity contribution in [3.8, 4) is 0 Å². The van der Waals surface area contributed by atoms with Gasteiger partial charge in [0.2, 0.25) is 0 Å². The zero-order chi connectivity index (χ0) is 11.4. The molecule has 3 heteroatoms. The predicted molar refractivity (Wildman–Crippen MR) is 69.8 cm³/mol. The largest absolute Gasteiger partial charge is 0.295 e. The number of piperidine rings is 1. The number of rotatable bonds is 4. The second-order valence-electron chi connectivity index (χ2n) is 4.61. The highest BCUT2D eigenvalue weighted by molar-refractivity contribution is 7.09. The molecule has 1 saturated heterocycles. The summed E-state index contributed by atoms with van der Waals surface area (Å²) in [6.07, 6.45) is 6.50. The van der Waals surface area contributed by atoms with Crippen molar-refractivity contribution in [2.24, 2.45) is 0 Å². The van der Waals surface area contributed by atoms with Crippen molar-refractivity contribution in [3.05, 3.63) is 16.1 Å². The molecule has 16 heavy (non-hydrogen) atoms. The van der Waals surface area contributed by atoms with E-state index >= 15 is 0 Å². The van der Waals surface area contributed by atoms with E-state index in [4.69, 9.17) is 0 Å². The minimum atomic E-state index is 0.792. The Morgan fingerprint density at radius 3 is 3.00 bits per heavy atom. The Hall–Kier alpha value is -0.410. The summed E-state index contributed by atoms with van der Waals surface area (Å²) in [6, 6.07) is 0.792. The Morgan fingerprint density at radius 2 is 2.31 bits per heavy atom. The minimum absolute atomic E-state index is 0.792. The highest BCUT2D eigenvalue weighted by Crippen LogP contribution is 2.22. The zero-order valence-corrected chi connectivity index (χ0v) is 11.2. The first-order valence-corrected chi connectivity index (χ1v) is 7.38. The molecule has 0 N–H and O–H groups in total. The van der Waals surface area contributed by atoms with Gasteiger partial charge in [0.05, 0.1) is 10.7 Å². The molecule has 2 rings (SSSR count). The molecule has 0 bridgehead atoms. The quantitative estimate of drug-likeness (QED) is 0.798. The highest BCUT2D eigenvalue weighted by atomic mass is 32.1. The van der Waals surface area contributed by atoms with Crippen molar-refractivity contribution in [2.75, 3.05) is 6.54 Å². The summed E-state index contributed by atoms with van der Waals surface area (Å²) in [6.45, 7) is 6.81. The maximum Gasteiger partial charge on any atom is 0.0926 e. The van der Waals surface area contributed by atoms with Gasteiger partial charge in [-0.25, -0.2) is 4.98 Å². The molecule has 0 radical (unpaired) electrons. The molecule has 1 atom stereocenters. The van der Waals surface area contributed by atoms with Gasteiger partial charge in [0.15, 0.2) is 0 Å². The van der Waals surface area contributed by atoms with Crippen molar-refractivity contribution in [2.45, 2.75) is 58.5 Å². The van der Waals surface area contributed by atoms with E-state index in [0.29, 0.717) is 0 Å². The number of hydrogen-bond acceptors (Lipinski definition) is 3. The molecule has 0 aromatic carbocycles.